The van der Waals surface area contributed by atoms with Crippen molar-refractivity contribution in [3.05, 3.63) is 0 Å². The Morgan fingerprint density at radius 3 is 2.73 bits per heavy atom. The predicted octanol–water partition coefficient (Wildman–Crippen LogP) is 0.541. The summed E-state index contributed by atoms with van der Waals surface area (Å²) in [5, 5.41) is 8.74. The van der Waals surface area contributed by atoms with Crippen LogP contribution in [0, 0.1) is 5.92 Å². The van der Waals surface area contributed by atoms with Crippen LogP contribution < -0.4 is 5.73 Å². The Morgan fingerprint density at radius 2 is 2.09 bits per heavy atom. The molecular weight excluding hydrogens is 162 g/mol. The summed E-state index contributed by atoms with van der Waals surface area (Å²) in [6, 6.07) is -0.137. The van der Waals surface area contributed by atoms with Crippen molar-refractivity contribution in [2.45, 2.75) is 18.9 Å². The van der Waals surface area contributed by atoms with E-state index >= 15 is 0 Å². The van der Waals surface area contributed by atoms with Crippen molar-refractivity contribution in [2.75, 3.05) is 11.5 Å². The molecule has 3 nitrogen and oxygen atoms in total. The average molecular weight is 175 g/mol. The third-order valence-corrected chi connectivity index (χ3v) is 3.05. The molecule has 0 aromatic carbocycles. The van der Waals surface area contributed by atoms with Gasteiger partial charge in [0.1, 0.15) is 0 Å². The predicted molar refractivity (Wildman–Crippen MR) is 45.7 cm³/mol. The number of hydrogen-bond donors (Lipinski definition) is 2. The molecule has 0 aromatic rings. The van der Waals surface area contributed by atoms with Gasteiger partial charge in [0.2, 0.25) is 0 Å². The smallest absolute Gasteiger partial charge is 0.308 e. The molecular formula is C7H13NO2S. The number of carboxylic acid groups (broad SMARTS) is 1. The fourth-order valence-electron chi connectivity index (χ4n) is 1.25. The van der Waals surface area contributed by atoms with Crippen LogP contribution in [0.3, 0.4) is 0 Å². The molecule has 0 radical (unpaired) electrons. The van der Waals surface area contributed by atoms with Crippen LogP contribution in [0.1, 0.15) is 12.8 Å². The SMILES string of the molecule is N[C@@H]1CCSCC[C@@H]1C(=O)O. The van der Waals surface area contributed by atoms with Crippen LogP contribution >= 0.6 is 11.8 Å². The second-order valence-electron chi connectivity index (χ2n) is 2.80. The van der Waals surface area contributed by atoms with Crippen LogP contribution in [-0.4, -0.2) is 28.6 Å². The van der Waals surface area contributed by atoms with E-state index < -0.39 is 5.97 Å². The van der Waals surface area contributed by atoms with Gasteiger partial charge in [-0.25, -0.2) is 0 Å². The molecule has 2 atom stereocenters. The molecule has 1 aliphatic rings. The molecule has 1 saturated heterocycles. The maximum absolute atomic E-state index is 10.6. The molecule has 0 bridgehead atoms. The monoisotopic (exact) mass is 175 g/mol. The lowest BCUT2D eigenvalue weighted by Crippen LogP contribution is -2.35. The van der Waals surface area contributed by atoms with Gasteiger partial charge in [-0.2, -0.15) is 11.8 Å². The number of hydrogen-bond acceptors (Lipinski definition) is 3. The molecule has 0 spiro atoms. The molecule has 0 unspecified atom stereocenters. The number of carboxylic acids is 1. The van der Waals surface area contributed by atoms with E-state index in [1.54, 1.807) is 11.8 Å². The second-order valence-corrected chi connectivity index (χ2v) is 4.02. The van der Waals surface area contributed by atoms with Gasteiger partial charge >= 0.3 is 5.97 Å². The topological polar surface area (TPSA) is 63.3 Å². The highest BCUT2D eigenvalue weighted by Crippen LogP contribution is 2.21. The van der Waals surface area contributed by atoms with Gasteiger partial charge in [0, 0.05) is 6.04 Å². The van der Waals surface area contributed by atoms with Gasteiger partial charge in [-0.05, 0) is 24.3 Å². The highest BCUT2D eigenvalue weighted by Gasteiger charge is 2.26. The van der Waals surface area contributed by atoms with Crippen LogP contribution in [-0.2, 0) is 4.79 Å². The first kappa shape index (κ1) is 8.87. The normalized spacial score (nSPS) is 32.8. The van der Waals surface area contributed by atoms with Crippen molar-refractivity contribution in [1.29, 1.82) is 0 Å². The van der Waals surface area contributed by atoms with E-state index in [1.807, 2.05) is 0 Å². The van der Waals surface area contributed by atoms with E-state index in [1.165, 1.54) is 0 Å². The summed E-state index contributed by atoms with van der Waals surface area (Å²) in [6.07, 6.45) is 1.56. The first-order valence-electron chi connectivity index (χ1n) is 3.78. The average Bonchev–Trinajstić information content (AvgIpc) is 2.13. The standard InChI is InChI=1S/C7H13NO2S/c8-6-2-4-11-3-1-5(6)7(9)10/h5-6H,1-4,8H2,(H,9,10)/t5-,6+/m0/s1. The minimum Gasteiger partial charge on any atom is -0.481 e. The van der Waals surface area contributed by atoms with E-state index in [9.17, 15) is 4.79 Å². The highest BCUT2D eigenvalue weighted by atomic mass is 32.2. The molecule has 3 N–H and O–H groups in total. The zero-order valence-electron chi connectivity index (χ0n) is 6.32. The number of carbonyl (C=O) groups is 1. The quantitative estimate of drug-likeness (QED) is 0.610. The van der Waals surface area contributed by atoms with Gasteiger partial charge in [-0.15, -0.1) is 0 Å². The Morgan fingerprint density at radius 1 is 1.45 bits per heavy atom. The molecule has 1 fully saturated rings. The minimum atomic E-state index is -0.736. The fraction of sp³-hybridized carbons (Fsp3) is 0.857. The van der Waals surface area contributed by atoms with Gasteiger partial charge in [0.05, 0.1) is 5.92 Å². The zero-order valence-corrected chi connectivity index (χ0v) is 7.14. The minimum absolute atomic E-state index is 0.137. The number of rotatable bonds is 1. The Labute approximate surface area is 70.3 Å². The van der Waals surface area contributed by atoms with E-state index in [4.69, 9.17) is 10.8 Å². The molecule has 1 heterocycles. The number of aliphatic carboxylic acids is 1. The van der Waals surface area contributed by atoms with E-state index in [2.05, 4.69) is 0 Å². The van der Waals surface area contributed by atoms with Gasteiger partial charge < -0.3 is 10.8 Å². The van der Waals surface area contributed by atoms with Crippen molar-refractivity contribution in [3.8, 4) is 0 Å². The summed E-state index contributed by atoms with van der Waals surface area (Å²) in [7, 11) is 0. The highest BCUT2D eigenvalue weighted by molar-refractivity contribution is 7.99. The van der Waals surface area contributed by atoms with Gasteiger partial charge in [0.15, 0.2) is 0 Å². The van der Waals surface area contributed by atoms with Crippen LogP contribution in [0.5, 0.6) is 0 Å². The van der Waals surface area contributed by atoms with Crippen molar-refractivity contribution in [2.24, 2.45) is 11.7 Å². The molecule has 11 heavy (non-hydrogen) atoms. The zero-order chi connectivity index (χ0) is 8.27. The van der Waals surface area contributed by atoms with Gasteiger partial charge in [0.25, 0.3) is 0 Å². The third-order valence-electron chi connectivity index (χ3n) is 2.00. The van der Waals surface area contributed by atoms with E-state index in [0.29, 0.717) is 0 Å². The maximum Gasteiger partial charge on any atom is 0.308 e. The largest absolute Gasteiger partial charge is 0.481 e. The van der Waals surface area contributed by atoms with Crippen LogP contribution in [0.15, 0.2) is 0 Å². The van der Waals surface area contributed by atoms with E-state index in [0.717, 1.165) is 24.3 Å². The molecule has 1 aliphatic heterocycles. The summed E-state index contributed by atoms with van der Waals surface area (Å²) in [5.41, 5.74) is 5.69. The fourth-order valence-corrected chi connectivity index (χ4v) is 2.32. The van der Waals surface area contributed by atoms with Crippen LogP contribution in [0.25, 0.3) is 0 Å². The summed E-state index contributed by atoms with van der Waals surface area (Å²) < 4.78 is 0. The second kappa shape index (κ2) is 3.97. The molecule has 1 rings (SSSR count). The Bertz CT molecular complexity index is 151. The molecule has 0 saturated carbocycles. The molecule has 0 aromatic heterocycles. The molecule has 0 amide bonds. The lowest BCUT2D eigenvalue weighted by molar-refractivity contribution is -0.142. The Kier molecular flexibility index (Phi) is 3.20. The summed E-state index contributed by atoms with van der Waals surface area (Å²) >= 11 is 1.80. The number of thioether (sulfide) groups is 1. The molecule has 64 valence electrons. The van der Waals surface area contributed by atoms with Gasteiger partial charge in [-0.3, -0.25) is 4.79 Å². The Hall–Kier alpha value is -0.220. The lowest BCUT2D eigenvalue weighted by Gasteiger charge is -2.15. The van der Waals surface area contributed by atoms with E-state index in [-0.39, 0.29) is 12.0 Å². The van der Waals surface area contributed by atoms with Crippen molar-refractivity contribution in [3.63, 3.8) is 0 Å². The van der Waals surface area contributed by atoms with Crippen LogP contribution in [0.4, 0.5) is 0 Å². The number of nitrogens with two attached hydrogens (primary N) is 1. The lowest BCUT2D eigenvalue weighted by atomic mass is 9.96. The molecule has 4 heteroatoms. The first-order chi connectivity index (χ1) is 5.22. The Balaban J connectivity index is 2.52. The maximum atomic E-state index is 10.6. The molecule has 0 aliphatic carbocycles. The van der Waals surface area contributed by atoms with Crippen LogP contribution in [0.2, 0.25) is 0 Å². The van der Waals surface area contributed by atoms with Crippen molar-refractivity contribution in [1.82, 2.24) is 0 Å². The van der Waals surface area contributed by atoms with Crippen molar-refractivity contribution >= 4 is 17.7 Å². The third kappa shape index (κ3) is 2.38. The summed E-state index contributed by atoms with van der Waals surface area (Å²) in [6.45, 7) is 0. The summed E-state index contributed by atoms with van der Waals surface area (Å²) in [5.74, 6) is 0.889. The van der Waals surface area contributed by atoms with Crippen molar-refractivity contribution < 1.29 is 9.90 Å². The summed E-state index contributed by atoms with van der Waals surface area (Å²) in [4.78, 5) is 10.6. The van der Waals surface area contributed by atoms with Gasteiger partial charge in [-0.1, -0.05) is 0 Å². The first-order valence-corrected chi connectivity index (χ1v) is 4.93.